The molecule has 5 rings (SSSR count). The van der Waals surface area contributed by atoms with E-state index in [1.807, 2.05) is 19.9 Å². The van der Waals surface area contributed by atoms with Crippen LogP contribution in [0.1, 0.15) is 67.2 Å². The number of phenols is 2. The van der Waals surface area contributed by atoms with Crippen LogP contribution in [0, 0.1) is 6.92 Å². The zero-order valence-corrected chi connectivity index (χ0v) is 26.6. The lowest BCUT2D eigenvalue weighted by Crippen LogP contribution is -2.21. The van der Waals surface area contributed by atoms with Crippen molar-refractivity contribution in [2.75, 3.05) is 6.54 Å². The van der Waals surface area contributed by atoms with Crippen LogP contribution in [-0.4, -0.2) is 16.8 Å². The number of hydrogen-bond donors (Lipinski definition) is 3. The van der Waals surface area contributed by atoms with E-state index >= 15 is 0 Å². The molecule has 3 N–H and O–H groups in total. The molecule has 4 aromatic carbocycles. The summed E-state index contributed by atoms with van der Waals surface area (Å²) < 4.78 is 5.35. The first kappa shape index (κ1) is 34.2. The molecule has 1 aromatic heterocycles. The van der Waals surface area contributed by atoms with Crippen LogP contribution >= 0.6 is 12.4 Å². The molecule has 5 nitrogen and oxygen atoms in total. The van der Waals surface area contributed by atoms with Gasteiger partial charge in [-0.05, 0) is 63.8 Å². The van der Waals surface area contributed by atoms with E-state index in [0.717, 1.165) is 18.5 Å². The van der Waals surface area contributed by atoms with Crippen molar-refractivity contribution in [1.82, 2.24) is 5.32 Å². The number of benzene rings is 4. The Labute approximate surface area is 266 Å². The fraction of sp³-hybridized carbons (Fsp3) is 0.237. The lowest BCUT2D eigenvalue weighted by molar-refractivity contribution is 0.442. The predicted molar refractivity (Wildman–Crippen MR) is 183 cm³/mol. The zero-order chi connectivity index (χ0) is 30.8. The Morgan fingerprint density at radius 1 is 0.841 bits per heavy atom. The summed E-state index contributed by atoms with van der Waals surface area (Å²) >= 11 is 0. The molecular weight excluding hydrogens is 570 g/mol. The second kappa shape index (κ2) is 16.5. The largest absolute Gasteiger partial charge is 0.507 e. The minimum atomic E-state index is -0.310. The number of allylic oxidation sites excluding steroid dienone is 2. The van der Waals surface area contributed by atoms with Gasteiger partial charge in [0.15, 0.2) is 5.43 Å². The summed E-state index contributed by atoms with van der Waals surface area (Å²) in [7, 11) is 0. The molecule has 0 radical (unpaired) electrons. The van der Waals surface area contributed by atoms with Crippen LogP contribution in [0.25, 0.3) is 11.0 Å². The molecule has 0 saturated heterocycles. The van der Waals surface area contributed by atoms with Gasteiger partial charge < -0.3 is 19.9 Å². The van der Waals surface area contributed by atoms with E-state index in [1.165, 1.54) is 28.8 Å². The van der Waals surface area contributed by atoms with Crippen LogP contribution in [0.4, 0.5) is 0 Å². The summed E-state index contributed by atoms with van der Waals surface area (Å²) in [6, 6.07) is 35.3. The van der Waals surface area contributed by atoms with Crippen molar-refractivity contribution < 1.29 is 14.6 Å². The van der Waals surface area contributed by atoms with Gasteiger partial charge in [-0.15, -0.1) is 12.4 Å². The third-order valence-corrected chi connectivity index (χ3v) is 7.50. The maximum Gasteiger partial charge on any atom is 0.196 e. The topological polar surface area (TPSA) is 82.7 Å². The van der Waals surface area contributed by atoms with Crippen molar-refractivity contribution in [2.24, 2.45) is 0 Å². The molecule has 44 heavy (non-hydrogen) atoms. The Morgan fingerprint density at radius 3 is 1.89 bits per heavy atom. The molecule has 1 unspecified atom stereocenters. The Morgan fingerprint density at radius 2 is 1.36 bits per heavy atom. The molecule has 1 heterocycles. The molecule has 0 aliphatic heterocycles. The smallest absolute Gasteiger partial charge is 0.196 e. The Kier molecular flexibility index (Phi) is 12.8. The van der Waals surface area contributed by atoms with Crippen molar-refractivity contribution in [3.05, 3.63) is 153 Å². The predicted octanol–water partition coefficient (Wildman–Crippen LogP) is 9.00. The fourth-order valence-corrected chi connectivity index (χ4v) is 5.16. The van der Waals surface area contributed by atoms with Crippen LogP contribution in [0.3, 0.4) is 0 Å². The van der Waals surface area contributed by atoms with Gasteiger partial charge in [-0.2, -0.15) is 0 Å². The van der Waals surface area contributed by atoms with Gasteiger partial charge in [0.2, 0.25) is 0 Å². The molecule has 0 aliphatic rings. The minimum absolute atomic E-state index is 0. The summed E-state index contributed by atoms with van der Waals surface area (Å²) in [6.07, 6.45) is 3.32. The van der Waals surface area contributed by atoms with Gasteiger partial charge in [-0.25, -0.2) is 0 Å². The monoisotopic (exact) mass is 611 g/mol. The molecule has 0 amide bonds. The van der Waals surface area contributed by atoms with Crippen molar-refractivity contribution in [1.29, 1.82) is 0 Å². The highest BCUT2D eigenvalue weighted by atomic mass is 35.5. The van der Waals surface area contributed by atoms with Crippen LogP contribution < -0.4 is 10.7 Å². The van der Waals surface area contributed by atoms with Crippen LogP contribution in [0.2, 0.25) is 0 Å². The standard InChI is InChI=1S/C23H25N.C15H16O4.ClH/c1-19(20-11-5-2-6-12-20)24-18-17-23(21-13-7-3-8-14-21)22-15-9-4-10-16-22;1-8(2)4-5-10-11(16)7-13-14(15(10)18)12(17)6-9(3)19-13;/h2-16,19,23-24H,17-18H2,1H3;4,6-7,16,18H,5H2,1-3H3;1H. The van der Waals surface area contributed by atoms with Crippen LogP contribution in [0.5, 0.6) is 11.5 Å². The van der Waals surface area contributed by atoms with E-state index in [0.29, 0.717) is 29.7 Å². The lowest BCUT2D eigenvalue weighted by atomic mass is 9.88. The molecule has 1 atom stereocenters. The van der Waals surface area contributed by atoms with Crippen molar-refractivity contribution in [2.45, 2.75) is 52.5 Å². The quantitative estimate of drug-likeness (QED) is 0.145. The highest BCUT2D eigenvalue weighted by Gasteiger charge is 2.16. The van der Waals surface area contributed by atoms with Crippen LogP contribution in [0.15, 0.2) is 124 Å². The number of nitrogens with one attached hydrogen (secondary N) is 1. The van der Waals surface area contributed by atoms with Gasteiger partial charge >= 0.3 is 0 Å². The summed E-state index contributed by atoms with van der Waals surface area (Å²) in [4.78, 5) is 11.9. The first-order valence-corrected chi connectivity index (χ1v) is 14.7. The van der Waals surface area contributed by atoms with Crippen molar-refractivity contribution in [3.63, 3.8) is 0 Å². The average Bonchev–Trinajstić information content (AvgIpc) is 3.00. The maximum atomic E-state index is 11.9. The van der Waals surface area contributed by atoms with E-state index in [1.54, 1.807) is 6.92 Å². The van der Waals surface area contributed by atoms with Gasteiger partial charge in [-0.3, -0.25) is 4.79 Å². The Hall–Kier alpha value is -4.32. The van der Waals surface area contributed by atoms with E-state index in [-0.39, 0.29) is 40.3 Å². The fourth-order valence-electron chi connectivity index (χ4n) is 5.16. The molecule has 0 bridgehead atoms. The van der Waals surface area contributed by atoms with E-state index in [9.17, 15) is 15.0 Å². The van der Waals surface area contributed by atoms with Crippen molar-refractivity contribution in [3.8, 4) is 11.5 Å². The van der Waals surface area contributed by atoms with E-state index in [2.05, 4.69) is 103 Å². The minimum Gasteiger partial charge on any atom is -0.507 e. The highest BCUT2D eigenvalue weighted by Crippen LogP contribution is 2.35. The number of rotatable bonds is 9. The summed E-state index contributed by atoms with van der Waals surface area (Å²) in [5, 5.41) is 23.9. The van der Waals surface area contributed by atoms with Crippen molar-refractivity contribution >= 4 is 23.4 Å². The molecular formula is C38H42ClNO4. The lowest BCUT2D eigenvalue weighted by Gasteiger charge is -2.20. The Bertz CT molecular complexity index is 1660. The first-order valence-electron chi connectivity index (χ1n) is 14.7. The SMILES string of the molecule is CC(C)=CCc1c(O)cc2oc(C)cc(=O)c2c1O.CC(NCCC(c1ccccc1)c1ccccc1)c1ccccc1.Cl. The van der Waals surface area contributed by atoms with Gasteiger partial charge in [0.25, 0.3) is 0 Å². The number of halogens is 1. The molecule has 6 heteroatoms. The van der Waals surface area contributed by atoms with Gasteiger partial charge in [0.05, 0.1) is 0 Å². The normalized spacial score (nSPS) is 11.3. The van der Waals surface area contributed by atoms with Gasteiger partial charge in [-0.1, -0.05) is 103 Å². The third-order valence-electron chi connectivity index (χ3n) is 7.50. The van der Waals surface area contributed by atoms with Gasteiger partial charge in [0.1, 0.15) is 28.2 Å². The average molecular weight is 612 g/mol. The number of aryl methyl sites for hydroxylation is 1. The number of fused-ring (bicyclic) bond motifs is 1. The maximum absolute atomic E-state index is 11.9. The molecule has 0 fully saturated rings. The molecule has 230 valence electrons. The summed E-state index contributed by atoms with van der Waals surface area (Å²) in [6.45, 7) is 8.71. The van der Waals surface area contributed by atoms with Crippen LogP contribution in [-0.2, 0) is 6.42 Å². The molecule has 0 spiro atoms. The van der Waals surface area contributed by atoms with E-state index < -0.39 is 0 Å². The van der Waals surface area contributed by atoms with E-state index in [4.69, 9.17) is 4.42 Å². The molecule has 5 aromatic rings. The first-order chi connectivity index (χ1) is 20.7. The molecule has 0 aliphatic carbocycles. The summed E-state index contributed by atoms with van der Waals surface area (Å²) in [5.74, 6) is 0.591. The number of phenolic OH excluding ortho intramolecular Hbond substituents is 2. The number of aromatic hydroxyl groups is 2. The van der Waals surface area contributed by atoms with Gasteiger partial charge in [0, 0.05) is 29.7 Å². The Balaban J connectivity index is 0.000000241. The number of hydrogen-bond acceptors (Lipinski definition) is 5. The third kappa shape index (κ3) is 9.09. The second-order valence-corrected chi connectivity index (χ2v) is 11.1. The summed E-state index contributed by atoms with van der Waals surface area (Å²) in [5.41, 5.74) is 5.40. The molecule has 0 saturated carbocycles. The zero-order valence-electron chi connectivity index (χ0n) is 25.8. The highest BCUT2D eigenvalue weighted by molar-refractivity contribution is 5.86. The second-order valence-electron chi connectivity index (χ2n) is 11.1.